The van der Waals surface area contributed by atoms with Crippen LogP contribution in [0.5, 0.6) is 0 Å². The molecule has 0 unspecified atom stereocenters. The van der Waals surface area contributed by atoms with Crippen molar-refractivity contribution in [1.82, 2.24) is 30.4 Å². The highest BCUT2D eigenvalue weighted by molar-refractivity contribution is 5.79. The number of nitrogens with zero attached hydrogens (tertiary/aromatic N) is 5. The first-order chi connectivity index (χ1) is 10.1. The second-order valence-electron chi connectivity index (χ2n) is 4.69. The van der Waals surface area contributed by atoms with Gasteiger partial charge < -0.3 is 20.4 Å². The van der Waals surface area contributed by atoms with Crippen LogP contribution in [0.3, 0.4) is 0 Å². The number of likely N-dealkylation sites (tertiary alicyclic amines) is 1. The molecule has 10 nitrogen and oxygen atoms in total. The third-order valence-corrected chi connectivity index (χ3v) is 3.15. The van der Waals surface area contributed by atoms with E-state index in [1.165, 1.54) is 6.33 Å². The molecule has 3 N–H and O–H groups in total. The fraction of sp³-hybridized carbons (Fsp3) is 0.727. The Labute approximate surface area is 121 Å². The van der Waals surface area contributed by atoms with E-state index in [1.54, 1.807) is 4.68 Å². The van der Waals surface area contributed by atoms with Gasteiger partial charge in [0.25, 0.3) is 6.47 Å². The molecule has 21 heavy (non-hydrogen) atoms. The first-order valence-corrected chi connectivity index (χ1v) is 6.51. The van der Waals surface area contributed by atoms with Crippen LogP contribution in [0, 0.1) is 5.92 Å². The van der Waals surface area contributed by atoms with Crippen LogP contribution >= 0.6 is 0 Å². The number of tetrazole rings is 1. The number of carbonyl (C=O) groups is 2. The zero-order valence-electron chi connectivity index (χ0n) is 11.8. The van der Waals surface area contributed by atoms with E-state index in [4.69, 9.17) is 9.90 Å². The van der Waals surface area contributed by atoms with E-state index in [9.17, 15) is 9.90 Å². The zero-order chi connectivity index (χ0) is 15.7. The maximum atomic E-state index is 11.9. The molecule has 1 aliphatic rings. The summed E-state index contributed by atoms with van der Waals surface area (Å²) in [4.78, 5) is 22.3. The third-order valence-electron chi connectivity index (χ3n) is 3.15. The van der Waals surface area contributed by atoms with Gasteiger partial charge in [-0.2, -0.15) is 0 Å². The summed E-state index contributed by atoms with van der Waals surface area (Å²) in [5.41, 5.74) is 0. The standard InChI is InChI=1S/C10H18N6O2.CH2O2/c1-15-4-2-9(17)8(6-15)10(18)11-3-5-16-7-12-13-14-16;2-1-3/h7-9,17H,2-6H2,1H3,(H,11,18);1H,(H,2,3)/t8-,9-;/m1./s1. The molecule has 1 amide bonds. The van der Waals surface area contributed by atoms with Crippen molar-refractivity contribution < 1.29 is 19.8 Å². The number of nitrogens with one attached hydrogen (secondary N) is 1. The Bertz CT molecular complexity index is 426. The van der Waals surface area contributed by atoms with Crippen LogP contribution < -0.4 is 5.32 Å². The average molecular weight is 300 g/mol. The van der Waals surface area contributed by atoms with Gasteiger partial charge in [-0.1, -0.05) is 0 Å². The number of aromatic nitrogens is 4. The largest absolute Gasteiger partial charge is 0.483 e. The molecule has 0 saturated carbocycles. The van der Waals surface area contributed by atoms with Gasteiger partial charge in [0.2, 0.25) is 5.91 Å². The monoisotopic (exact) mass is 300 g/mol. The van der Waals surface area contributed by atoms with E-state index >= 15 is 0 Å². The highest BCUT2D eigenvalue weighted by Crippen LogP contribution is 2.15. The lowest BCUT2D eigenvalue weighted by Gasteiger charge is -2.32. The number of aliphatic hydroxyl groups is 1. The highest BCUT2D eigenvalue weighted by atomic mass is 16.3. The van der Waals surface area contributed by atoms with Crippen molar-refractivity contribution >= 4 is 12.4 Å². The van der Waals surface area contributed by atoms with Gasteiger partial charge in [-0.05, 0) is 23.9 Å². The smallest absolute Gasteiger partial charge is 0.290 e. The van der Waals surface area contributed by atoms with E-state index < -0.39 is 6.10 Å². The van der Waals surface area contributed by atoms with Crippen molar-refractivity contribution in [2.45, 2.75) is 19.1 Å². The molecule has 1 fully saturated rings. The van der Waals surface area contributed by atoms with Crippen molar-refractivity contribution in [1.29, 1.82) is 0 Å². The predicted octanol–water partition coefficient (Wildman–Crippen LogP) is -2.20. The van der Waals surface area contributed by atoms with Crippen molar-refractivity contribution in [3.63, 3.8) is 0 Å². The van der Waals surface area contributed by atoms with Gasteiger partial charge in [0.1, 0.15) is 6.33 Å². The number of hydrogen-bond donors (Lipinski definition) is 3. The van der Waals surface area contributed by atoms with E-state index in [2.05, 4.69) is 25.7 Å². The molecular weight excluding hydrogens is 280 g/mol. The van der Waals surface area contributed by atoms with E-state index in [1.807, 2.05) is 7.05 Å². The van der Waals surface area contributed by atoms with Gasteiger partial charge >= 0.3 is 0 Å². The van der Waals surface area contributed by atoms with Crippen LogP contribution in [0.1, 0.15) is 6.42 Å². The second-order valence-corrected chi connectivity index (χ2v) is 4.69. The van der Waals surface area contributed by atoms with E-state index in [0.29, 0.717) is 26.1 Å². The summed E-state index contributed by atoms with van der Waals surface area (Å²) < 4.78 is 1.55. The molecule has 0 bridgehead atoms. The molecule has 1 aromatic heterocycles. The highest BCUT2D eigenvalue weighted by Gasteiger charge is 2.31. The van der Waals surface area contributed by atoms with Crippen molar-refractivity contribution in [2.24, 2.45) is 5.92 Å². The minimum atomic E-state index is -0.547. The molecule has 0 spiro atoms. The van der Waals surface area contributed by atoms with Gasteiger partial charge in [0.15, 0.2) is 0 Å². The molecule has 10 heteroatoms. The number of rotatable bonds is 4. The molecule has 0 aromatic carbocycles. The van der Waals surface area contributed by atoms with Gasteiger partial charge in [-0.25, -0.2) is 4.68 Å². The summed E-state index contributed by atoms with van der Waals surface area (Å²) >= 11 is 0. The topological polar surface area (TPSA) is 133 Å². The summed E-state index contributed by atoms with van der Waals surface area (Å²) in [5, 5.41) is 30.2. The van der Waals surface area contributed by atoms with Crippen molar-refractivity contribution in [2.75, 3.05) is 26.7 Å². The lowest BCUT2D eigenvalue weighted by molar-refractivity contribution is -0.131. The van der Waals surface area contributed by atoms with E-state index in [-0.39, 0.29) is 18.3 Å². The summed E-state index contributed by atoms with van der Waals surface area (Å²) in [5.74, 6) is -0.459. The van der Waals surface area contributed by atoms with E-state index in [0.717, 1.165) is 6.54 Å². The maximum Gasteiger partial charge on any atom is 0.290 e. The van der Waals surface area contributed by atoms with Gasteiger partial charge in [0.05, 0.1) is 18.6 Å². The molecule has 118 valence electrons. The maximum absolute atomic E-state index is 11.9. The number of carboxylic acid groups (broad SMARTS) is 1. The molecule has 2 rings (SSSR count). The number of carbonyl (C=O) groups excluding carboxylic acids is 1. The van der Waals surface area contributed by atoms with Crippen molar-refractivity contribution in [3.05, 3.63) is 6.33 Å². The van der Waals surface area contributed by atoms with Crippen LogP contribution in [0.2, 0.25) is 0 Å². The molecular formula is C11H20N6O4. The van der Waals surface area contributed by atoms with Crippen LogP contribution in [0.15, 0.2) is 6.33 Å². The normalized spacial score (nSPS) is 22.0. The number of hydrogen-bond acceptors (Lipinski definition) is 7. The molecule has 2 heterocycles. The fourth-order valence-corrected chi connectivity index (χ4v) is 2.07. The quantitative estimate of drug-likeness (QED) is 0.534. The molecule has 1 aliphatic heterocycles. The van der Waals surface area contributed by atoms with Crippen LogP contribution in [0.4, 0.5) is 0 Å². The molecule has 2 atom stereocenters. The van der Waals surface area contributed by atoms with Crippen LogP contribution in [-0.4, -0.2) is 80.5 Å². The molecule has 1 aromatic rings. The minimum absolute atomic E-state index is 0.109. The predicted molar refractivity (Wildman–Crippen MR) is 71.1 cm³/mol. The van der Waals surface area contributed by atoms with Gasteiger partial charge in [0, 0.05) is 19.6 Å². The summed E-state index contributed by atoms with van der Waals surface area (Å²) in [6, 6.07) is 0. The first kappa shape index (κ1) is 17.0. The summed E-state index contributed by atoms with van der Waals surface area (Å²) in [6.07, 6.45) is 1.59. The van der Waals surface area contributed by atoms with Gasteiger partial charge in [-0.3, -0.25) is 9.59 Å². The second kappa shape index (κ2) is 8.97. The lowest BCUT2D eigenvalue weighted by Crippen LogP contribution is -2.49. The zero-order valence-corrected chi connectivity index (χ0v) is 11.8. The number of piperidine rings is 1. The Kier molecular flexibility index (Phi) is 7.26. The average Bonchev–Trinajstić information content (AvgIpc) is 2.95. The number of amides is 1. The Hall–Kier alpha value is -2.07. The molecule has 1 saturated heterocycles. The summed E-state index contributed by atoms with van der Waals surface area (Å²) in [6.45, 7) is 2.15. The molecule has 0 radical (unpaired) electrons. The minimum Gasteiger partial charge on any atom is -0.483 e. The van der Waals surface area contributed by atoms with Crippen molar-refractivity contribution in [3.8, 4) is 0 Å². The Balaban J connectivity index is 0.000000677. The number of aliphatic hydroxyl groups excluding tert-OH is 1. The molecule has 0 aliphatic carbocycles. The lowest BCUT2D eigenvalue weighted by atomic mass is 9.94. The Morgan fingerprint density at radius 3 is 2.90 bits per heavy atom. The summed E-state index contributed by atoms with van der Waals surface area (Å²) in [7, 11) is 1.95. The van der Waals surface area contributed by atoms with Crippen LogP contribution in [0.25, 0.3) is 0 Å². The van der Waals surface area contributed by atoms with Gasteiger partial charge in [-0.15, -0.1) is 5.10 Å². The first-order valence-electron chi connectivity index (χ1n) is 6.51. The Morgan fingerprint density at radius 1 is 1.57 bits per heavy atom. The Morgan fingerprint density at radius 2 is 2.29 bits per heavy atom. The van der Waals surface area contributed by atoms with Crippen LogP contribution in [-0.2, 0) is 16.1 Å². The third kappa shape index (κ3) is 5.83. The SMILES string of the molecule is CN1CC[C@@H](O)[C@H](C(=O)NCCn2cnnn2)C1.O=CO. The fourth-order valence-electron chi connectivity index (χ4n) is 2.07.